The fourth-order valence-corrected chi connectivity index (χ4v) is 2.14. The molecule has 0 saturated heterocycles. The van der Waals surface area contributed by atoms with Crippen molar-refractivity contribution >= 4 is 23.2 Å². The Kier molecular flexibility index (Phi) is 3.49. The van der Waals surface area contributed by atoms with E-state index in [9.17, 15) is 0 Å². The highest BCUT2D eigenvalue weighted by atomic mass is 35.5. The highest BCUT2D eigenvalue weighted by Crippen LogP contribution is 2.34. The average Bonchev–Trinajstić information content (AvgIpc) is 2.02. The Labute approximate surface area is 96.2 Å². The van der Waals surface area contributed by atoms with E-state index >= 15 is 0 Å². The molecule has 1 aromatic carbocycles. The third-order valence-electron chi connectivity index (χ3n) is 2.21. The average molecular weight is 230 g/mol. The second kappa shape index (κ2) is 4.12. The number of benzene rings is 1. The molecule has 1 radical (unpaired) electrons. The Morgan fingerprint density at radius 3 is 2.07 bits per heavy atom. The minimum Gasteiger partial charge on any atom is -0.0840 e. The Hall–Kier alpha value is -0.200. The van der Waals surface area contributed by atoms with Gasteiger partial charge in [-0.3, -0.25) is 0 Å². The second-order valence-corrected chi connectivity index (χ2v) is 5.21. The van der Waals surface area contributed by atoms with Crippen LogP contribution in [0.1, 0.15) is 38.8 Å². The van der Waals surface area contributed by atoms with E-state index in [0.717, 1.165) is 16.1 Å². The fraction of sp³-hybridized carbons (Fsp3) is 0.417. The predicted octanol–water partition coefficient (Wildman–Crippen LogP) is 4.86. The van der Waals surface area contributed by atoms with Crippen LogP contribution in [-0.4, -0.2) is 0 Å². The van der Waals surface area contributed by atoms with Crippen molar-refractivity contribution in [1.82, 2.24) is 0 Å². The van der Waals surface area contributed by atoms with Gasteiger partial charge in [0.05, 0.1) is 0 Å². The van der Waals surface area contributed by atoms with Crippen LogP contribution in [0, 0.1) is 6.42 Å². The van der Waals surface area contributed by atoms with E-state index in [2.05, 4.69) is 26.8 Å². The summed E-state index contributed by atoms with van der Waals surface area (Å²) >= 11 is 12.2. The summed E-state index contributed by atoms with van der Waals surface area (Å²) < 4.78 is 0. The van der Waals surface area contributed by atoms with Gasteiger partial charge in [0.2, 0.25) is 0 Å². The van der Waals surface area contributed by atoms with E-state index in [0.29, 0.717) is 5.02 Å². The zero-order valence-electron chi connectivity index (χ0n) is 8.99. The minimum atomic E-state index is 0.0550. The quantitative estimate of drug-likeness (QED) is 0.646. The zero-order valence-corrected chi connectivity index (χ0v) is 10.5. The van der Waals surface area contributed by atoms with Gasteiger partial charge >= 0.3 is 0 Å². The summed E-state index contributed by atoms with van der Waals surface area (Å²) in [6, 6.07) is 3.88. The van der Waals surface area contributed by atoms with Crippen LogP contribution in [0.5, 0.6) is 0 Å². The standard InChI is InChI=1S/C12H15Cl2/c1-5-8-6-9(12(2,3)4)11(14)7-10(8)13/h5-7H,1-4H3. The highest BCUT2D eigenvalue weighted by molar-refractivity contribution is 6.35. The number of hydrogen-bond donors (Lipinski definition) is 0. The van der Waals surface area contributed by atoms with Crippen LogP contribution in [0.2, 0.25) is 10.0 Å². The molecule has 0 atom stereocenters. The van der Waals surface area contributed by atoms with Gasteiger partial charge in [0, 0.05) is 10.0 Å². The molecule has 0 aliphatic heterocycles. The second-order valence-electron chi connectivity index (χ2n) is 4.39. The van der Waals surface area contributed by atoms with E-state index in [-0.39, 0.29) is 5.41 Å². The first-order chi connectivity index (χ1) is 6.36. The number of hydrogen-bond acceptors (Lipinski definition) is 0. The smallest absolute Gasteiger partial charge is 0.0458 e. The van der Waals surface area contributed by atoms with Crippen molar-refractivity contribution < 1.29 is 0 Å². The van der Waals surface area contributed by atoms with Gasteiger partial charge < -0.3 is 0 Å². The van der Waals surface area contributed by atoms with Crippen LogP contribution in [0.4, 0.5) is 0 Å². The molecule has 0 amide bonds. The van der Waals surface area contributed by atoms with Gasteiger partial charge in [-0.05, 0) is 29.0 Å². The first kappa shape index (κ1) is 11.9. The molecule has 0 heterocycles. The molecule has 1 aromatic rings. The largest absolute Gasteiger partial charge is 0.0840 e. The van der Waals surface area contributed by atoms with Gasteiger partial charge in [-0.2, -0.15) is 0 Å². The van der Waals surface area contributed by atoms with Crippen molar-refractivity contribution in [2.45, 2.75) is 33.1 Å². The van der Waals surface area contributed by atoms with Gasteiger partial charge in [0.25, 0.3) is 0 Å². The third-order valence-corrected chi connectivity index (χ3v) is 2.85. The number of halogens is 2. The minimum absolute atomic E-state index is 0.0550. The van der Waals surface area contributed by atoms with Crippen LogP contribution in [-0.2, 0) is 5.41 Å². The first-order valence-electron chi connectivity index (χ1n) is 4.65. The van der Waals surface area contributed by atoms with E-state index in [1.165, 1.54) is 0 Å². The monoisotopic (exact) mass is 229 g/mol. The molecule has 0 aliphatic rings. The van der Waals surface area contributed by atoms with E-state index in [4.69, 9.17) is 23.2 Å². The molecular formula is C12H15Cl2. The lowest BCUT2D eigenvalue weighted by atomic mass is 9.86. The van der Waals surface area contributed by atoms with E-state index in [1.54, 1.807) is 0 Å². The van der Waals surface area contributed by atoms with Crippen LogP contribution in [0.25, 0.3) is 0 Å². The van der Waals surface area contributed by atoms with Gasteiger partial charge in [0.1, 0.15) is 0 Å². The highest BCUT2D eigenvalue weighted by Gasteiger charge is 2.18. The molecule has 14 heavy (non-hydrogen) atoms. The molecule has 0 fully saturated rings. The first-order valence-corrected chi connectivity index (χ1v) is 5.40. The predicted molar refractivity (Wildman–Crippen MR) is 64.2 cm³/mol. The van der Waals surface area contributed by atoms with Gasteiger partial charge in [-0.1, -0.05) is 57.0 Å². The van der Waals surface area contributed by atoms with Crippen molar-refractivity contribution in [2.75, 3.05) is 0 Å². The molecule has 0 aromatic heterocycles. The summed E-state index contributed by atoms with van der Waals surface area (Å²) in [4.78, 5) is 0. The third kappa shape index (κ3) is 2.43. The fourth-order valence-electron chi connectivity index (χ4n) is 1.36. The topological polar surface area (TPSA) is 0 Å². The summed E-state index contributed by atoms with van der Waals surface area (Å²) in [5.74, 6) is 0. The number of rotatable bonds is 1. The van der Waals surface area contributed by atoms with Crippen LogP contribution < -0.4 is 0 Å². The van der Waals surface area contributed by atoms with Crippen molar-refractivity contribution in [2.24, 2.45) is 0 Å². The molecule has 0 N–H and O–H groups in total. The van der Waals surface area contributed by atoms with Crippen LogP contribution in [0.15, 0.2) is 12.1 Å². The van der Waals surface area contributed by atoms with Crippen LogP contribution >= 0.6 is 23.2 Å². The maximum atomic E-state index is 6.14. The molecule has 77 valence electrons. The maximum absolute atomic E-state index is 6.14. The summed E-state index contributed by atoms with van der Waals surface area (Å²) in [5.41, 5.74) is 2.23. The molecule has 0 unspecified atom stereocenters. The van der Waals surface area contributed by atoms with Gasteiger partial charge in [-0.25, -0.2) is 0 Å². The summed E-state index contributed by atoms with van der Waals surface area (Å²) in [6.07, 6.45) is 1.99. The Morgan fingerprint density at radius 2 is 1.64 bits per heavy atom. The molecule has 0 bridgehead atoms. The zero-order chi connectivity index (χ0) is 10.9. The van der Waals surface area contributed by atoms with Gasteiger partial charge in [-0.15, -0.1) is 0 Å². The van der Waals surface area contributed by atoms with Crippen molar-refractivity contribution in [1.29, 1.82) is 0 Å². The molecule has 2 heteroatoms. The maximum Gasteiger partial charge on any atom is 0.0458 e. The summed E-state index contributed by atoms with van der Waals surface area (Å²) in [5, 5.41) is 1.46. The summed E-state index contributed by atoms with van der Waals surface area (Å²) in [6.45, 7) is 8.40. The Morgan fingerprint density at radius 1 is 1.07 bits per heavy atom. The van der Waals surface area contributed by atoms with E-state index < -0.39 is 0 Å². The van der Waals surface area contributed by atoms with E-state index in [1.807, 2.05) is 19.4 Å². The van der Waals surface area contributed by atoms with Crippen molar-refractivity contribution in [3.8, 4) is 0 Å². The molecule has 1 rings (SSSR count). The normalized spacial score (nSPS) is 11.9. The van der Waals surface area contributed by atoms with Crippen molar-refractivity contribution in [3.63, 3.8) is 0 Å². The lowest BCUT2D eigenvalue weighted by Gasteiger charge is -2.22. The van der Waals surface area contributed by atoms with Crippen molar-refractivity contribution in [3.05, 3.63) is 39.7 Å². The van der Waals surface area contributed by atoms with Crippen LogP contribution in [0.3, 0.4) is 0 Å². The molecule has 0 aliphatic carbocycles. The molecule has 0 spiro atoms. The summed E-state index contributed by atoms with van der Waals surface area (Å²) in [7, 11) is 0. The SMILES string of the molecule is C[CH]c1cc(C(C)(C)C)c(Cl)cc1Cl. The Balaban J connectivity index is 3.32. The molecular weight excluding hydrogens is 215 g/mol. The molecule has 0 saturated carbocycles. The molecule has 0 nitrogen and oxygen atoms in total. The Bertz CT molecular complexity index is 335. The lowest BCUT2D eigenvalue weighted by molar-refractivity contribution is 0.590. The van der Waals surface area contributed by atoms with Gasteiger partial charge in [0.15, 0.2) is 0 Å². The lowest BCUT2D eigenvalue weighted by Crippen LogP contribution is -2.12.